The lowest BCUT2D eigenvalue weighted by Gasteiger charge is -2.25. The summed E-state index contributed by atoms with van der Waals surface area (Å²) in [5.41, 5.74) is 7.72. The van der Waals surface area contributed by atoms with Crippen molar-refractivity contribution < 1.29 is 0 Å². The smallest absolute Gasteiger partial charge is 0.154 e. The van der Waals surface area contributed by atoms with Gasteiger partial charge in [-0.15, -0.1) is 0 Å². The molecule has 2 rings (SSSR count). The number of nitrogens with zero attached hydrogens (tertiary/aromatic N) is 4. The lowest BCUT2D eigenvalue weighted by atomic mass is 10.2. The van der Waals surface area contributed by atoms with Crippen LogP contribution in [-0.2, 0) is 0 Å². The maximum absolute atomic E-state index is 5.64. The van der Waals surface area contributed by atoms with Gasteiger partial charge in [-0.2, -0.15) is 5.10 Å². The number of aryl methyl sites for hydroxylation is 1. The fraction of sp³-hybridized carbons (Fsp3) is 0.571. The number of fused-ring (bicyclic) bond motifs is 1. The van der Waals surface area contributed by atoms with Crippen LogP contribution in [0.25, 0.3) is 5.52 Å². The van der Waals surface area contributed by atoms with E-state index >= 15 is 0 Å². The highest BCUT2D eigenvalue weighted by molar-refractivity contribution is 5.69. The van der Waals surface area contributed by atoms with E-state index in [1.54, 1.807) is 0 Å². The molecule has 0 atom stereocenters. The lowest BCUT2D eigenvalue weighted by Crippen LogP contribution is -2.31. The first-order chi connectivity index (χ1) is 9.11. The van der Waals surface area contributed by atoms with Crippen LogP contribution in [0.1, 0.15) is 26.0 Å². The van der Waals surface area contributed by atoms with E-state index in [4.69, 9.17) is 5.73 Å². The van der Waals surface area contributed by atoms with Crippen molar-refractivity contribution in [3.05, 3.63) is 24.2 Å². The predicted octanol–water partition coefficient (Wildman–Crippen LogP) is 1.85. The van der Waals surface area contributed by atoms with E-state index in [1.807, 2.05) is 23.8 Å². The largest absolute Gasteiger partial charge is 0.355 e. The number of rotatable bonds is 6. The van der Waals surface area contributed by atoms with E-state index in [0.717, 1.165) is 36.5 Å². The van der Waals surface area contributed by atoms with Gasteiger partial charge in [0, 0.05) is 25.5 Å². The van der Waals surface area contributed by atoms with E-state index in [9.17, 15) is 0 Å². The minimum absolute atomic E-state index is 0.587. The van der Waals surface area contributed by atoms with Gasteiger partial charge < -0.3 is 10.6 Å². The van der Waals surface area contributed by atoms with E-state index in [-0.39, 0.29) is 0 Å². The second kappa shape index (κ2) is 6.02. The molecule has 0 fully saturated rings. The molecule has 5 nitrogen and oxygen atoms in total. The summed E-state index contributed by atoms with van der Waals surface area (Å²) in [4.78, 5) is 6.86. The van der Waals surface area contributed by atoms with Crippen LogP contribution in [0.3, 0.4) is 0 Å². The minimum atomic E-state index is 0.587. The molecule has 2 heterocycles. The maximum atomic E-state index is 5.64. The summed E-state index contributed by atoms with van der Waals surface area (Å²) in [6.45, 7) is 9.07. The van der Waals surface area contributed by atoms with Crippen molar-refractivity contribution in [2.75, 3.05) is 24.5 Å². The number of hydrogen-bond donors (Lipinski definition) is 1. The molecular formula is C14H23N5. The highest BCUT2D eigenvalue weighted by Gasteiger charge is 2.14. The highest BCUT2D eigenvalue weighted by Crippen LogP contribution is 2.20. The molecule has 2 aromatic rings. The van der Waals surface area contributed by atoms with Crippen molar-refractivity contribution >= 4 is 11.3 Å². The molecule has 0 aromatic carbocycles. The van der Waals surface area contributed by atoms with Crippen LogP contribution < -0.4 is 10.6 Å². The molecule has 2 N–H and O–H groups in total. The fourth-order valence-corrected chi connectivity index (χ4v) is 2.28. The van der Waals surface area contributed by atoms with Crippen LogP contribution in [0.5, 0.6) is 0 Å². The van der Waals surface area contributed by atoms with Crippen LogP contribution in [0.2, 0.25) is 0 Å². The van der Waals surface area contributed by atoms with Gasteiger partial charge in [0.25, 0.3) is 0 Å². The van der Waals surface area contributed by atoms with Crippen LogP contribution >= 0.6 is 0 Å². The summed E-state index contributed by atoms with van der Waals surface area (Å²) >= 11 is 0. The first kappa shape index (κ1) is 13.8. The molecule has 0 aliphatic carbocycles. The van der Waals surface area contributed by atoms with Gasteiger partial charge in [-0.3, -0.25) is 0 Å². The second-order valence-electron chi connectivity index (χ2n) is 5.35. The summed E-state index contributed by atoms with van der Waals surface area (Å²) in [5.74, 6) is 1.59. The molecule has 5 heteroatoms. The Kier molecular flexibility index (Phi) is 4.37. The lowest BCUT2D eigenvalue weighted by molar-refractivity contribution is 0.596. The number of hydrogen-bond acceptors (Lipinski definition) is 4. The quantitative estimate of drug-likeness (QED) is 0.862. The Morgan fingerprint density at radius 2 is 2.21 bits per heavy atom. The predicted molar refractivity (Wildman–Crippen MR) is 78.4 cm³/mol. The second-order valence-corrected chi connectivity index (χ2v) is 5.35. The zero-order valence-electron chi connectivity index (χ0n) is 12.0. The van der Waals surface area contributed by atoms with Gasteiger partial charge in [-0.25, -0.2) is 9.50 Å². The standard InChI is InChI=1S/C14H23N5/c1-11(2)10-18(7-4-5-15)14-13-9-12(3)17-19(13)8-6-16-14/h6,8-9,11H,4-5,7,10,15H2,1-3H3. The van der Waals surface area contributed by atoms with Crippen molar-refractivity contribution in [3.63, 3.8) is 0 Å². The summed E-state index contributed by atoms with van der Waals surface area (Å²) in [6, 6.07) is 2.08. The third-order valence-electron chi connectivity index (χ3n) is 3.01. The van der Waals surface area contributed by atoms with Crippen molar-refractivity contribution in [3.8, 4) is 0 Å². The van der Waals surface area contributed by atoms with Crippen molar-refractivity contribution in [1.29, 1.82) is 0 Å². The number of aromatic nitrogens is 3. The highest BCUT2D eigenvalue weighted by atomic mass is 15.3. The van der Waals surface area contributed by atoms with Gasteiger partial charge in [-0.05, 0) is 31.9 Å². The first-order valence-electron chi connectivity index (χ1n) is 6.88. The topological polar surface area (TPSA) is 59.5 Å². The Morgan fingerprint density at radius 3 is 2.89 bits per heavy atom. The van der Waals surface area contributed by atoms with E-state index in [2.05, 4.69) is 34.9 Å². The molecule has 104 valence electrons. The summed E-state index contributed by atoms with van der Waals surface area (Å²) in [7, 11) is 0. The van der Waals surface area contributed by atoms with Gasteiger partial charge in [0.2, 0.25) is 0 Å². The zero-order valence-corrected chi connectivity index (χ0v) is 12.0. The SMILES string of the molecule is Cc1cc2c(N(CCCN)CC(C)C)nccn2n1. The average Bonchev–Trinajstić information content (AvgIpc) is 2.74. The monoisotopic (exact) mass is 261 g/mol. The minimum Gasteiger partial charge on any atom is -0.355 e. The molecule has 0 saturated carbocycles. The Morgan fingerprint density at radius 1 is 1.42 bits per heavy atom. The zero-order chi connectivity index (χ0) is 13.8. The molecule has 0 spiro atoms. The molecule has 0 aliphatic heterocycles. The van der Waals surface area contributed by atoms with Crippen LogP contribution in [0.4, 0.5) is 5.82 Å². The first-order valence-corrected chi connectivity index (χ1v) is 6.88. The van der Waals surface area contributed by atoms with Gasteiger partial charge >= 0.3 is 0 Å². The molecule has 19 heavy (non-hydrogen) atoms. The average molecular weight is 261 g/mol. The van der Waals surface area contributed by atoms with Gasteiger partial charge in [-0.1, -0.05) is 13.8 Å². The van der Waals surface area contributed by atoms with Crippen molar-refractivity contribution in [2.45, 2.75) is 27.2 Å². The molecule has 0 amide bonds. The van der Waals surface area contributed by atoms with Crippen LogP contribution in [-0.4, -0.2) is 34.2 Å². The normalized spacial score (nSPS) is 11.4. The van der Waals surface area contributed by atoms with Gasteiger partial charge in [0.15, 0.2) is 5.82 Å². The summed E-state index contributed by atoms with van der Waals surface area (Å²) in [5, 5.41) is 4.44. The van der Waals surface area contributed by atoms with Gasteiger partial charge in [0.05, 0.1) is 5.69 Å². The molecule has 0 bridgehead atoms. The maximum Gasteiger partial charge on any atom is 0.154 e. The Balaban J connectivity index is 2.36. The van der Waals surface area contributed by atoms with Gasteiger partial charge in [0.1, 0.15) is 5.52 Å². The molecule has 2 aromatic heterocycles. The van der Waals surface area contributed by atoms with E-state index in [0.29, 0.717) is 12.5 Å². The summed E-state index contributed by atoms with van der Waals surface area (Å²) in [6.07, 6.45) is 4.68. The third kappa shape index (κ3) is 3.23. The number of anilines is 1. The summed E-state index contributed by atoms with van der Waals surface area (Å²) < 4.78 is 1.90. The Bertz CT molecular complexity index is 532. The molecule has 0 radical (unpaired) electrons. The van der Waals surface area contributed by atoms with E-state index in [1.165, 1.54) is 0 Å². The van der Waals surface area contributed by atoms with Crippen LogP contribution in [0.15, 0.2) is 18.5 Å². The van der Waals surface area contributed by atoms with E-state index < -0.39 is 0 Å². The van der Waals surface area contributed by atoms with Crippen molar-refractivity contribution in [1.82, 2.24) is 14.6 Å². The Labute approximate surface area is 114 Å². The third-order valence-corrected chi connectivity index (χ3v) is 3.01. The molecule has 0 aliphatic rings. The molecular weight excluding hydrogens is 238 g/mol. The molecule has 0 saturated heterocycles. The Hall–Kier alpha value is -1.62. The van der Waals surface area contributed by atoms with Crippen molar-refractivity contribution in [2.24, 2.45) is 11.7 Å². The fourth-order valence-electron chi connectivity index (χ4n) is 2.28. The molecule has 0 unspecified atom stereocenters. The number of nitrogens with two attached hydrogens (primary N) is 1. The van der Waals surface area contributed by atoms with Crippen LogP contribution in [0, 0.1) is 12.8 Å².